The topological polar surface area (TPSA) is 38.0 Å². The maximum Gasteiger partial charge on any atom is 0.131 e. The van der Waals surface area contributed by atoms with Crippen molar-refractivity contribution >= 4 is 27.5 Å². The van der Waals surface area contributed by atoms with Gasteiger partial charge in [-0.3, -0.25) is 5.84 Å². The van der Waals surface area contributed by atoms with Crippen LogP contribution in [0, 0.1) is 11.6 Å². The fourth-order valence-electron chi connectivity index (χ4n) is 1.85. The molecule has 0 bridgehead atoms. The van der Waals surface area contributed by atoms with Crippen molar-refractivity contribution in [1.29, 1.82) is 0 Å². The minimum Gasteiger partial charge on any atom is -0.271 e. The molecule has 0 aliphatic carbocycles. The summed E-state index contributed by atoms with van der Waals surface area (Å²) < 4.78 is 28.4. The molecule has 0 aromatic heterocycles. The van der Waals surface area contributed by atoms with Crippen molar-refractivity contribution in [2.75, 3.05) is 0 Å². The number of nitrogens with two attached hydrogens (primary N) is 1. The fraction of sp³-hybridized carbons (Fsp3) is 0.0769. The highest BCUT2D eigenvalue weighted by Crippen LogP contribution is 2.32. The van der Waals surface area contributed by atoms with E-state index in [-0.39, 0.29) is 5.56 Å². The Morgan fingerprint density at radius 2 is 1.79 bits per heavy atom. The van der Waals surface area contributed by atoms with E-state index in [4.69, 9.17) is 17.4 Å². The first-order chi connectivity index (χ1) is 9.04. The number of benzene rings is 2. The normalized spacial score (nSPS) is 12.5. The zero-order chi connectivity index (χ0) is 14.0. The number of halogens is 4. The van der Waals surface area contributed by atoms with Crippen LogP contribution < -0.4 is 11.3 Å². The first-order valence-corrected chi connectivity index (χ1v) is 6.56. The summed E-state index contributed by atoms with van der Waals surface area (Å²) in [6.45, 7) is 0. The van der Waals surface area contributed by atoms with Gasteiger partial charge in [0.1, 0.15) is 11.6 Å². The minimum absolute atomic E-state index is 0.162. The number of hydrogen-bond donors (Lipinski definition) is 2. The molecule has 2 rings (SSSR count). The first-order valence-electron chi connectivity index (χ1n) is 5.39. The smallest absolute Gasteiger partial charge is 0.131 e. The predicted molar refractivity (Wildman–Crippen MR) is 74.7 cm³/mol. The summed E-state index contributed by atoms with van der Waals surface area (Å²) in [6.07, 6.45) is 0. The minimum atomic E-state index is -0.869. The summed E-state index contributed by atoms with van der Waals surface area (Å²) >= 11 is 9.35. The molecule has 2 aromatic rings. The van der Waals surface area contributed by atoms with Crippen LogP contribution in [0.1, 0.15) is 17.2 Å². The van der Waals surface area contributed by atoms with Crippen LogP contribution in [0.4, 0.5) is 8.78 Å². The highest BCUT2D eigenvalue weighted by atomic mass is 79.9. The highest BCUT2D eigenvalue weighted by Gasteiger charge is 2.22. The Labute approximate surface area is 122 Å². The monoisotopic (exact) mass is 346 g/mol. The molecule has 2 nitrogen and oxygen atoms in total. The summed E-state index contributed by atoms with van der Waals surface area (Å²) in [5, 5.41) is 0.369. The molecule has 6 heteroatoms. The van der Waals surface area contributed by atoms with Gasteiger partial charge in [-0.15, -0.1) is 0 Å². The van der Waals surface area contributed by atoms with Crippen LogP contribution in [0.2, 0.25) is 5.02 Å². The maximum atomic E-state index is 13.8. The van der Waals surface area contributed by atoms with Crippen molar-refractivity contribution in [3.05, 3.63) is 68.7 Å². The Balaban J connectivity index is 2.59. The van der Waals surface area contributed by atoms with E-state index >= 15 is 0 Å². The quantitative estimate of drug-likeness (QED) is 0.652. The molecule has 0 amide bonds. The van der Waals surface area contributed by atoms with Gasteiger partial charge in [0, 0.05) is 15.1 Å². The molecule has 0 aliphatic rings. The second-order valence-electron chi connectivity index (χ2n) is 3.90. The molecule has 100 valence electrons. The average molecular weight is 348 g/mol. The lowest BCUT2D eigenvalue weighted by Gasteiger charge is -2.19. The first kappa shape index (κ1) is 14.4. The summed E-state index contributed by atoms with van der Waals surface area (Å²) in [5.74, 6) is 4.07. The van der Waals surface area contributed by atoms with Crippen LogP contribution in [0.25, 0.3) is 0 Å². The van der Waals surface area contributed by atoms with Gasteiger partial charge >= 0.3 is 0 Å². The van der Waals surface area contributed by atoms with Gasteiger partial charge in [0.25, 0.3) is 0 Å². The van der Waals surface area contributed by atoms with Crippen molar-refractivity contribution in [3.8, 4) is 0 Å². The number of hydrazine groups is 1. The third-order valence-corrected chi connectivity index (χ3v) is 3.56. The molecule has 0 aliphatic heterocycles. The molecule has 19 heavy (non-hydrogen) atoms. The zero-order valence-corrected chi connectivity index (χ0v) is 12.0. The van der Waals surface area contributed by atoms with E-state index in [9.17, 15) is 8.78 Å². The molecule has 1 atom stereocenters. The molecular weight excluding hydrogens is 338 g/mol. The molecular formula is C13H10BrClF2N2. The van der Waals surface area contributed by atoms with Crippen LogP contribution >= 0.6 is 27.5 Å². The number of nitrogens with one attached hydrogen (secondary N) is 1. The van der Waals surface area contributed by atoms with Crippen molar-refractivity contribution in [1.82, 2.24) is 5.43 Å². The van der Waals surface area contributed by atoms with Crippen LogP contribution in [0.3, 0.4) is 0 Å². The van der Waals surface area contributed by atoms with Gasteiger partial charge in [-0.1, -0.05) is 33.6 Å². The molecule has 0 saturated carbocycles. The van der Waals surface area contributed by atoms with E-state index in [1.165, 1.54) is 18.2 Å². The number of rotatable bonds is 3. The van der Waals surface area contributed by atoms with Crippen LogP contribution in [-0.2, 0) is 0 Å². The van der Waals surface area contributed by atoms with Crippen molar-refractivity contribution in [3.63, 3.8) is 0 Å². The Morgan fingerprint density at radius 1 is 1.16 bits per heavy atom. The SMILES string of the molecule is NNC(c1cc(Br)ccc1Cl)c1c(F)cccc1F. The van der Waals surface area contributed by atoms with E-state index in [2.05, 4.69) is 21.4 Å². The van der Waals surface area contributed by atoms with Gasteiger partial charge in [0.15, 0.2) is 0 Å². The van der Waals surface area contributed by atoms with Gasteiger partial charge in [-0.2, -0.15) is 0 Å². The standard InChI is InChI=1S/C13H10BrClF2N2/c14-7-4-5-9(15)8(6-7)13(19-18)12-10(16)2-1-3-11(12)17/h1-6,13,19H,18H2. The van der Waals surface area contributed by atoms with E-state index in [0.29, 0.717) is 10.6 Å². The van der Waals surface area contributed by atoms with Gasteiger partial charge < -0.3 is 0 Å². The van der Waals surface area contributed by atoms with Gasteiger partial charge in [0.05, 0.1) is 6.04 Å². The summed E-state index contributed by atoms with van der Waals surface area (Å²) in [4.78, 5) is 0. The van der Waals surface area contributed by atoms with Crippen LogP contribution in [0.15, 0.2) is 40.9 Å². The predicted octanol–water partition coefficient (Wildman–Crippen LogP) is 3.93. The Kier molecular flexibility index (Phi) is 4.52. The lowest BCUT2D eigenvalue weighted by atomic mass is 9.98. The molecule has 0 radical (unpaired) electrons. The molecule has 1 unspecified atom stereocenters. The van der Waals surface area contributed by atoms with Crippen molar-refractivity contribution in [2.24, 2.45) is 5.84 Å². The summed E-state index contributed by atoms with van der Waals surface area (Å²) in [5.41, 5.74) is 2.73. The third-order valence-electron chi connectivity index (χ3n) is 2.72. The second-order valence-corrected chi connectivity index (χ2v) is 5.22. The Morgan fingerprint density at radius 3 is 2.37 bits per heavy atom. The van der Waals surface area contributed by atoms with Crippen LogP contribution in [0.5, 0.6) is 0 Å². The maximum absolute atomic E-state index is 13.8. The van der Waals surface area contributed by atoms with Gasteiger partial charge in [-0.25, -0.2) is 14.2 Å². The van der Waals surface area contributed by atoms with E-state index in [1.54, 1.807) is 18.2 Å². The average Bonchev–Trinajstić information content (AvgIpc) is 2.37. The summed E-state index contributed by atoms with van der Waals surface area (Å²) in [6, 6.07) is 7.80. The molecule has 0 saturated heterocycles. The largest absolute Gasteiger partial charge is 0.271 e. The molecule has 2 aromatic carbocycles. The molecule has 0 spiro atoms. The van der Waals surface area contributed by atoms with Crippen molar-refractivity contribution < 1.29 is 8.78 Å². The van der Waals surface area contributed by atoms with Gasteiger partial charge in [0.2, 0.25) is 0 Å². The Bertz CT molecular complexity index is 587. The lowest BCUT2D eigenvalue weighted by Crippen LogP contribution is -2.30. The summed E-state index contributed by atoms with van der Waals surface area (Å²) in [7, 11) is 0. The molecule has 3 N–H and O–H groups in total. The molecule has 0 heterocycles. The Hall–Kier alpha value is -1.01. The van der Waals surface area contributed by atoms with E-state index < -0.39 is 17.7 Å². The third kappa shape index (κ3) is 2.95. The van der Waals surface area contributed by atoms with Gasteiger partial charge in [-0.05, 0) is 35.9 Å². The van der Waals surface area contributed by atoms with E-state index in [0.717, 1.165) is 4.47 Å². The number of hydrogen-bond acceptors (Lipinski definition) is 2. The van der Waals surface area contributed by atoms with E-state index in [1.807, 2.05) is 0 Å². The fourth-order valence-corrected chi connectivity index (χ4v) is 2.46. The lowest BCUT2D eigenvalue weighted by molar-refractivity contribution is 0.510. The molecule has 0 fully saturated rings. The zero-order valence-electron chi connectivity index (χ0n) is 9.63. The van der Waals surface area contributed by atoms with Crippen molar-refractivity contribution in [2.45, 2.75) is 6.04 Å². The van der Waals surface area contributed by atoms with Crippen LogP contribution in [-0.4, -0.2) is 0 Å². The second kappa shape index (κ2) is 5.96. The highest BCUT2D eigenvalue weighted by molar-refractivity contribution is 9.10.